The van der Waals surface area contributed by atoms with Crippen LogP contribution in [0.25, 0.3) is 22.3 Å². The number of aromatic hydroxyl groups is 1. The molecule has 0 atom stereocenters. The van der Waals surface area contributed by atoms with Crippen LogP contribution in [0.15, 0.2) is 52.2 Å². The van der Waals surface area contributed by atoms with E-state index in [1.54, 1.807) is 30.3 Å². The molecule has 1 aromatic heterocycles. The van der Waals surface area contributed by atoms with Gasteiger partial charge in [0.25, 0.3) is 0 Å². The van der Waals surface area contributed by atoms with E-state index in [0.29, 0.717) is 28.2 Å². The smallest absolute Gasteiger partial charge is 0.197 e. The van der Waals surface area contributed by atoms with Gasteiger partial charge in [-0.25, -0.2) is 0 Å². The van der Waals surface area contributed by atoms with Crippen molar-refractivity contribution in [1.29, 1.82) is 0 Å². The average molecular weight is 371 g/mol. The molecule has 0 spiro atoms. The first kappa shape index (κ1) is 17.8. The zero-order valence-corrected chi connectivity index (χ0v) is 14.7. The van der Waals surface area contributed by atoms with Gasteiger partial charge in [0.1, 0.15) is 28.2 Å². The minimum Gasteiger partial charge on any atom is -0.507 e. The summed E-state index contributed by atoms with van der Waals surface area (Å²) in [5.74, 6) is 0.00200. The summed E-state index contributed by atoms with van der Waals surface area (Å²) in [7, 11) is 1.32. The molecule has 2 aromatic carbocycles. The Labute approximate surface area is 154 Å². The van der Waals surface area contributed by atoms with E-state index < -0.39 is 0 Å². The standard InChI is InChI=1S/C20H15ClO5/c1-3-4-13-18(24)14(10-22)19(25-2)17-15(23)9-16(26-20(13)17)11-5-7-12(21)8-6-11/h3,5-10,24H,1,4H2,2H3. The van der Waals surface area contributed by atoms with Crippen LogP contribution in [0, 0.1) is 0 Å². The third-order valence-corrected chi connectivity index (χ3v) is 4.29. The van der Waals surface area contributed by atoms with Crippen molar-refractivity contribution in [1.82, 2.24) is 0 Å². The fraction of sp³-hybridized carbons (Fsp3) is 0.100. The number of fused-ring (bicyclic) bond motifs is 1. The molecule has 0 bridgehead atoms. The lowest BCUT2D eigenvalue weighted by molar-refractivity contribution is 0.111. The predicted octanol–water partition coefficient (Wildman–Crippen LogP) is 4.37. The largest absolute Gasteiger partial charge is 0.507 e. The fourth-order valence-electron chi connectivity index (χ4n) is 2.84. The zero-order chi connectivity index (χ0) is 18.8. The van der Waals surface area contributed by atoms with Crippen molar-refractivity contribution >= 4 is 28.9 Å². The first-order chi connectivity index (χ1) is 12.5. The third kappa shape index (κ3) is 2.86. The molecule has 0 aliphatic heterocycles. The third-order valence-electron chi connectivity index (χ3n) is 4.03. The number of carbonyl (C=O) groups is 1. The van der Waals surface area contributed by atoms with Gasteiger partial charge >= 0.3 is 0 Å². The van der Waals surface area contributed by atoms with Crippen LogP contribution in [0.3, 0.4) is 0 Å². The van der Waals surface area contributed by atoms with Crippen LogP contribution in [0.2, 0.25) is 5.02 Å². The molecule has 0 aliphatic rings. The van der Waals surface area contributed by atoms with Crippen molar-refractivity contribution in [3.05, 3.63) is 69.4 Å². The van der Waals surface area contributed by atoms with Gasteiger partial charge in [0, 0.05) is 22.2 Å². The molecular weight excluding hydrogens is 356 g/mol. The van der Waals surface area contributed by atoms with Crippen molar-refractivity contribution in [2.45, 2.75) is 6.42 Å². The number of ether oxygens (including phenoxy) is 1. The van der Waals surface area contributed by atoms with Crippen LogP contribution < -0.4 is 10.2 Å². The van der Waals surface area contributed by atoms with E-state index in [-0.39, 0.29) is 39.9 Å². The Morgan fingerprint density at radius 2 is 2.00 bits per heavy atom. The van der Waals surface area contributed by atoms with Crippen molar-refractivity contribution in [2.75, 3.05) is 7.11 Å². The first-order valence-corrected chi connectivity index (χ1v) is 8.11. The van der Waals surface area contributed by atoms with E-state index in [1.807, 2.05) is 0 Å². The van der Waals surface area contributed by atoms with Gasteiger partial charge in [0.2, 0.25) is 0 Å². The molecule has 5 nitrogen and oxygen atoms in total. The van der Waals surface area contributed by atoms with E-state index in [9.17, 15) is 14.7 Å². The number of phenols is 1. The van der Waals surface area contributed by atoms with Gasteiger partial charge < -0.3 is 14.3 Å². The average Bonchev–Trinajstić information content (AvgIpc) is 2.64. The maximum atomic E-state index is 12.8. The molecule has 0 radical (unpaired) electrons. The van der Waals surface area contributed by atoms with E-state index >= 15 is 0 Å². The summed E-state index contributed by atoms with van der Waals surface area (Å²) in [5, 5.41) is 11.1. The first-order valence-electron chi connectivity index (χ1n) is 7.73. The molecule has 0 saturated heterocycles. The second-order valence-corrected chi connectivity index (χ2v) is 6.01. The number of phenolic OH excluding ortho intramolecular Hbond substituents is 1. The van der Waals surface area contributed by atoms with Crippen molar-refractivity contribution in [3.8, 4) is 22.8 Å². The van der Waals surface area contributed by atoms with Gasteiger partial charge in [-0.2, -0.15) is 0 Å². The Morgan fingerprint density at radius 1 is 1.31 bits per heavy atom. The maximum Gasteiger partial charge on any atom is 0.197 e. The van der Waals surface area contributed by atoms with Gasteiger partial charge in [-0.1, -0.05) is 17.7 Å². The number of hydrogen-bond donors (Lipinski definition) is 1. The lowest BCUT2D eigenvalue weighted by Gasteiger charge is -2.14. The van der Waals surface area contributed by atoms with Crippen LogP contribution >= 0.6 is 11.6 Å². The topological polar surface area (TPSA) is 76.7 Å². The number of carbonyl (C=O) groups excluding carboxylic acids is 1. The quantitative estimate of drug-likeness (QED) is 0.533. The van der Waals surface area contributed by atoms with E-state index in [0.717, 1.165) is 0 Å². The monoisotopic (exact) mass is 370 g/mol. The van der Waals surface area contributed by atoms with Crippen molar-refractivity contribution < 1.29 is 19.1 Å². The molecule has 6 heteroatoms. The second kappa shape index (κ2) is 7.06. The normalized spacial score (nSPS) is 10.7. The molecule has 1 N–H and O–H groups in total. The Bertz CT molecular complexity index is 1060. The lowest BCUT2D eigenvalue weighted by atomic mass is 10.00. The summed E-state index contributed by atoms with van der Waals surface area (Å²) in [4.78, 5) is 24.2. The highest BCUT2D eigenvalue weighted by atomic mass is 35.5. The molecule has 0 saturated carbocycles. The van der Waals surface area contributed by atoms with Crippen molar-refractivity contribution in [2.24, 2.45) is 0 Å². The van der Waals surface area contributed by atoms with E-state index in [1.165, 1.54) is 13.2 Å². The Kier molecular flexibility index (Phi) is 4.82. The number of allylic oxidation sites excluding steroid dienone is 1. The van der Waals surface area contributed by atoms with Gasteiger partial charge in [0.15, 0.2) is 11.7 Å². The summed E-state index contributed by atoms with van der Waals surface area (Å²) in [6, 6.07) is 8.11. The molecule has 1 heterocycles. The Balaban J connectivity index is 2.44. The summed E-state index contributed by atoms with van der Waals surface area (Å²) in [6.07, 6.45) is 2.21. The summed E-state index contributed by atoms with van der Waals surface area (Å²) in [6.45, 7) is 3.65. The Hall–Kier alpha value is -3.05. The van der Waals surface area contributed by atoms with Crippen LogP contribution in [-0.2, 0) is 6.42 Å². The highest BCUT2D eigenvalue weighted by molar-refractivity contribution is 6.30. The van der Waals surface area contributed by atoms with Gasteiger partial charge in [-0.05, 0) is 30.7 Å². The summed E-state index contributed by atoms with van der Waals surface area (Å²) < 4.78 is 11.1. The van der Waals surface area contributed by atoms with Gasteiger partial charge in [0.05, 0.1) is 12.7 Å². The second-order valence-electron chi connectivity index (χ2n) is 5.57. The zero-order valence-electron chi connectivity index (χ0n) is 13.9. The van der Waals surface area contributed by atoms with Crippen LogP contribution in [-0.4, -0.2) is 18.5 Å². The number of halogens is 1. The van der Waals surface area contributed by atoms with E-state index in [4.69, 9.17) is 20.8 Å². The van der Waals surface area contributed by atoms with E-state index in [2.05, 4.69) is 6.58 Å². The number of aldehydes is 1. The molecule has 3 aromatic rings. The molecule has 3 rings (SSSR count). The number of rotatable bonds is 5. The summed E-state index contributed by atoms with van der Waals surface area (Å²) >= 11 is 5.90. The van der Waals surface area contributed by atoms with Crippen molar-refractivity contribution in [3.63, 3.8) is 0 Å². The number of hydrogen-bond acceptors (Lipinski definition) is 5. The summed E-state index contributed by atoms with van der Waals surface area (Å²) in [5.41, 5.74) is 0.619. The predicted molar refractivity (Wildman–Crippen MR) is 100 cm³/mol. The highest BCUT2D eigenvalue weighted by Crippen LogP contribution is 2.39. The maximum absolute atomic E-state index is 12.8. The number of benzene rings is 2. The minimum absolute atomic E-state index is 0.0169. The van der Waals surface area contributed by atoms with Gasteiger partial charge in [-0.15, -0.1) is 6.58 Å². The lowest BCUT2D eigenvalue weighted by Crippen LogP contribution is -2.07. The van der Waals surface area contributed by atoms with Gasteiger partial charge in [-0.3, -0.25) is 9.59 Å². The van der Waals surface area contributed by atoms with Crippen LogP contribution in [0.4, 0.5) is 0 Å². The highest BCUT2D eigenvalue weighted by Gasteiger charge is 2.23. The Morgan fingerprint density at radius 3 is 2.58 bits per heavy atom. The molecule has 26 heavy (non-hydrogen) atoms. The molecular formula is C20H15ClO5. The number of methoxy groups -OCH3 is 1. The van der Waals surface area contributed by atoms with Crippen LogP contribution in [0.1, 0.15) is 15.9 Å². The molecule has 0 fully saturated rings. The molecule has 0 aliphatic carbocycles. The molecule has 0 unspecified atom stereocenters. The molecule has 0 amide bonds. The SMILES string of the molecule is C=CCc1c(O)c(C=O)c(OC)c2c(=O)cc(-c3ccc(Cl)cc3)oc12. The minimum atomic E-state index is -0.388. The fourth-order valence-corrected chi connectivity index (χ4v) is 2.97. The van der Waals surface area contributed by atoms with Crippen LogP contribution in [0.5, 0.6) is 11.5 Å². The molecule has 132 valence electrons.